The molecule has 2 N–H and O–H groups in total. The fourth-order valence-corrected chi connectivity index (χ4v) is 4.65. The smallest absolute Gasteiger partial charge is 0.407 e. The van der Waals surface area contributed by atoms with Crippen LogP contribution in [0.2, 0.25) is 0 Å². The Morgan fingerprint density at radius 3 is 2.77 bits per heavy atom. The first-order valence-electron chi connectivity index (χ1n) is 11.5. The molecule has 6 rings (SSSR count). The van der Waals surface area contributed by atoms with Crippen LogP contribution in [0.25, 0.3) is 16.8 Å². The summed E-state index contributed by atoms with van der Waals surface area (Å²) < 4.78 is 7.51. The monoisotopic (exact) mass is 472 g/mol. The van der Waals surface area contributed by atoms with Gasteiger partial charge < -0.3 is 25.0 Å². The molecule has 4 aromatic rings. The van der Waals surface area contributed by atoms with Crippen molar-refractivity contribution in [3.05, 3.63) is 60.2 Å². The minimum atomic E-state index is -0.877. The number of nitrogens with one attached hydrogen (secondary N) is 1. The normalized spacial score (nSPS) is 15.2. The summed E-state index contributed by atoms with van der Waals surface area (Å²) in [4.78, 5) is 23.9. The second kappa shape index (κ2) is 8.75. The Labute approximate surface area is 201 Å². The molecule has 0 spiro atoms. The summed E-state index contributed by atoms with van der Waals surface area (Å²) in [6, 6.07) is 10.1. The lowest BCUT2D eigenvalue weighted by Crippen LogP contribution is -2.48. The lowest BCUT2D eigenvalue weighted by molar-refractivity contribution is 0.142. The second-order valence-corrected chi connectivity index (χ2v) is 8.53. The van der Waals surface area contributed by atoms with E-state index in [1.165, 1.54) is 16.0 Å². The van der Waals surface area contributed by atoms with Crippen LogP contribution in [0, 0.1) is 0 Å². The maximum Gasteiger partial charge on any atom is 0.407 e. The van der Waals surface area contributed by atoms with E-state index in [0.717, 1.165) is 35.7 Å². The Bertz CT molecular complexity index is 1380. The molecule has 35 heavy (non-hydrogen) atoms. The zero-order valence-electron chi connectivity index (χ0n) is 19.0. The number of rotatable bonds is 5. The van der Waals surface area contributed by atoms with Gasteiger partial charge in [0, 0.05) is 68.2 Å². The molecule has 0 aliphatic carbocycles. The zero-order valence-corrected chi connectivity index (χ0v) is 19.0. The van der Waals surface area contributed by atoms with Gasteiger partial charge >= 0.3 is 6.09 Å². The first-order chi connectivity index (χ1) is 17.2. The van der Waals surface area contributed by atoms with Crippen molar-refractivity contribution in [3.8, 4) is 16.9 Å². The third-order valence-corrected chi connectivity index (χ3v) is 6.54. The van der Waals surface area contributed by atoms with Crippen LogP contribution >= 0.6 is 0 Å². The molecule has 11 heteroatoms. The van der Waals surface area contributed by atoms with Gasteiger partial charge in [-0.15, -0.1) is 10.2 Å². The Balaban J connectivity index is 1.20. The summed E-state index contributed by atoms with van der Waals surface area (Å²) in [5, 5.41) is 21.0. The van der Waals surface area contributed by atoms with E-state index in [0.29, 0.717) is 44.3 Å². The van der Waals surface area contributed by atoms with Crippen molar-refractivity contribution < 1.29 is 14.6 Å². The molecule has 2 aliphatic rings. The van der Waals surface area contributed by atoms with Crippen LogP contribution in [0.5, 0.6) is 5.75 Å². The molecule has 0 unspecified atom stereocenters. The predicted molar refractivity (Wildman–Crippen MR) is 129 cm³/mol. The molecule has 0 saturated carbocycles. The average molecular weight is 473 g/mol. The molecule has 1 saturated heterocycles. The van der Waals surface area contributed by atoms with E-state index >= 15 is 0 Å². The number of benzene rings is 1. The van der Waals surface area contributed by atoms with Gasteiger partial charge in [-0.2, -0.15) is 0 Å². The van der Waals surface area contributed by atoms with E-state index in [9.17, 15) is 4.79 Å². The van der Waals surface area contributed by atoms with E-state index in [-0.39, 0.29) is 0 Å². The molecule has 5 heterocycles. The lowest BCUT2D eigenvalue weighted by Gasteiger charge is -2.33. The number of aromatic nitrogens is 5. The molecule has 0 radical (unpaired) electrons. The van der Waals surface area contributed by atoms with Crippen LogP contribution in [0.1, 0.15) is 11.1 Å². The van der Waals surface area contributed by atoms with Crippen molar-refractivity contribution in [1.82, 2.24) is 29.5 Å². The molecule has 178 valence electrons. The molecule has 11 nitrogen and oxygen atoms in total. The van der Waals surface area contributed by atoms with Gasteiger partial charge in [0.25, 0.3) is 0 Å². The first kappa shape index (κ1) is 21.1. The quantitative estimate of drug-likeness (QED) is 0.451. The second-order valence-electron chi connectivity index (χ2n) is 8.53. The maximum absolute atomic E-state index is 11.1. The number of piperazine rings is 1. The summed E-state index contributed by atoms with van der Waals surface area (Å²) in [7, 11) is 0. The van der Waals surface area contributed by atoms with Crippen molar-refractivity contribution in [2.75, 3.05) is 43.0 Å². The predicted octanol–water partition coefficient (Wildman–Crippen LogP) is 2.53. The molecule has 3 aromatic heterocycles. The SMILES string of the molecule is O=C(O)N1CCN(c2ccc(-c3cnc(NCc4cccc5c4CCO5)n4cnnc34)cn2)CC1. The van der Waals surface area contributed by atoms with Crippen molar-refractivity contribution in [2.24, 2.45) is 0 Å². The van der Waals surface area contributed by atoms with Gasteiger partial charge in [-0.1, -0.05) is 12.1 Å². The van der Waals surface area contributed by atoms with Gasteiger partial charge in [-0.3, -0.25) is 4.40 Å². The molecule has 1 amide bonds. The van der Waals surface area contributed by atoms with Gasteiger partial charge in [0.1, 0.15) is 17.9 Å². The van der Waals surface area contributed by atoms with Crippen molar-refractivity contribution in [3.63, 3.8) is 0 Å². The van der Waals surface area contributed by atoms with Crippen LogP contribution in [0.15, 0.2) is 49.1 Å². The van der Waals surface area contributed by atoms with E-state index < -0.39 is 6.09 Å². The van der Waals surface area contributed by atoms with E-state index in [4.69, 9.17) is 9.84 Å². The number of fused-ring (bicyclic) bond motifs is 2. The van der Waals surface area contributed by atoms with E-state index in [2.05, 4.69) is 36.4 Å². The molecular formula is C24H24N8O3. The first-order valence-corrected chi connectivity index (χ1v) is 11.5. The van der Waals surface area contributed by atoms with E-state index in [1.54, 1.807) is 18.7 Å². The molecule has 2 aliphatic heterocycles. The zero-order chi connectivity index (χ0) is 23.8. The molecule has 0 atom stereocenters. The van der Waals surface area contributed by atoms with Gasteiger partial charge in [0.2, 0.25) is 5.95 Å². The average Bonchev–Trinajstić information content (AvgIpc) is 3.58. The van der Waals surface area contributed by atoms with E-state index in [1.807, 2.05) is 28.7 Å². The highest BCUT2D eigenvalue weighted by atomic mass is 16.5. The van der Waals surface area contributed by atoms with Crippen LogP contribution in [0.4, 0.5) is 16.6 Å². The number of amides is 1. The highest BCUT2D eigenvalue weighted by molar-refractivity contribution is 5.77. The Morgan fingerprint density at radius 1 is 1.09 bits per heavy atom. The fraction of sp³-hybridized carbons (Fsp3) is 0.292. The molecular weight excluding hydrogens is 448 g/mol. The number of hydrogen-bond donors (Lipinski definition) is 2. The van der Waals surface area contributed by atoms with Crippen molar-refractivity contribution in [2.45, 2.75) is 13.0 Å². The summed E-state index contributed by atoms with van der Waals surface area (Å²) in [6.07, 6.45) is 5.27. The highest BCUT2D eigenvalue weighted by Crippen LogP contribution is 2.29. The summed E-state index contributed by atoms with van der Waals surface area (Å²) in [5.41, 5.74) is 4.83. The molecule has 0 bridgehead atoms. The minimum Gasteiger partial charge on any atom is -0.493 e. The minimum absolute atomic E-state index is 0.469. The molecule has 1 aromatic carbocycles. The van der Waals surface area contributed by atoms with Gasteiger partial charge in [-0.25, -0.2) is 14.8 Å². The van der Waals surface area contributed by atoms with Crippen LogP contribution in [-0.4, -0.2) is 73.5 Å². The fourth-order valence-electron chi connectivity index (χ4n) is 4.65. The summed E-state index contributed by atoms with van der Waals surface area (Å²) in [5.74, 6) is 2.44. The maximum atomic E-state index is 11.1. The number of carbonyl (C=O) groups is 1. The summed E-state index contributed by atoms with van der Waals surface area (Å²) in [6.45, 7) is 3.52. The Hall–Kier alpha value is -4.41. The van der Waals surface area contributed by atoms with Crippen LogP contribution < -0.4 is 15.0 Å². The lowest BCUT2D eigenvalue weighted by atomic mass is 10.1. The Kier molecular flexibility index (Phi) is 5.28. The van der Waals surface area contributed by atoms with Gasteiger partial charge in [0.05, 0.1) is 6.61 Å². The number of carboxylic acid groups (broad SMARTS) is 1. The number of ether oxygens (including phenoxy) is 1. The summed E-state index contributed by atoms with van der Waals surface area (Å²) >= 11 is 0. The third-order valence-electron chi connectivity index (χ3n) is 6.54. The van der Waals surface area contributed by atoms with Crippen molar-refractivity contribution in [1.29, 1.82) is 0 Å². The number of hydrogen-bond acceptors (Lipinski definition) is 8. The molecule has 1 fully saturated rings. The number of nitrogens with zero attached hydrogens (tertiary/aromatic N) is 7. The van der Waals surface area contributed by atoms with Gasteiger partial charge in [0.15, 0.2) is 5.65 Å². The largest absolute Gasteiger partial charge is 0.493 e. The van der Waals surface area contributed by atoms with Crippen LogP contribution in [-0.2, 0) is 13.0 Å². The number of pyridine rings is 1. The third kappa shape index (κ3) is 3.94. The highest BCUT2D eigenvalue weighted by Gasteiger charge is 2.21. The van der Waals surface area contributed by atoms with Gasteiger partial charge in [-0.05, 0) is 23.8 Å². The van der Waals surface area contributed by atoms with Crippen LogP contribution in [0.3, 0.4) is 0 Å². The number of anilines is 2. The standard InChI is InChI=1S/C24H24N8O3/c33-24(34)31-9-7-30(8-10-31)21-5-4-17(12-25-21)19-14-27-23(32-15-28-29-22(19)32)26-13-16-2-1-3-20-18(16)6-11-35-20/h1-5,12,14-15H,6-11,13H2,(H,26,27)(H,33,34). The van der Waals surface area contributed by atoms with Crippen molar-refractivity contribution >= 4 is 23.5 Å². The Morgan fingerprint density at radius 2 is 1.97 bits per heavy atom. The topological polar surface area (TPSA) is 121 Å².